The number of benzene rings is 2. The number of para-hydroxylation sites is 1. The third kappa shape index (κ3) is 4.87. The van der Waals surface area contributed by atoms with E-state index in [1.54, 1.807) is 11.8 Å². The second kappa shape index (κ2) is 8.39. The molecule has 0 aliphatic carbocycles. The van der Waals surface area contributed by atoms with E-state index in [9.17, 15) is 0 Å². The van der Waals surface area contributed by atoms with Crippen molar-refractivity contribution < 1.29 is 4.74 Å². The molecule has 26 heavy (non-hydrogen) atoms. The third-order valence-electron chi connectivity index (χ3n) is 3.65. The minimum absolute atomic E-state index is 0.638. The number of anilines is 1. The quantitative estimate of drug-likeness (QED) is 0.502. The topological polar surface area (TPSA) is 34.2 Å². The number of pyridine rings is 1. The molecule has 0 spiro atoms. The monoisotopic (exact) mass is 380 g/mol. The first-order valence-corrected chi connectivity index (χ1v) is 9.60. The van der Waals surface area contributed by atoms with Gasteiger partial charge in [0, 0.05) is 27.5 Å². The van der Waals surface area contributed by atoms with E-state index < -0.39 is 0 Å². The molecule has 3 nitrogen and oxygen atoms in total. The summed E-state index contributed by atoms with van der Waals surface area (Å²) >= 11 is 1.68. The van der Waals surface area contributed by atoms with Crippen molar-refractivity contribution in [2.45, 2.75) is 23.6 Å². The van der Waals surface area contributed by atoms with Gasteiger partial charge in [0.05, 0.1) is 0 Å². The van der Waals surface area contributed by atoms with Gasteiger partial charge in [-0.2, -0.15) is 0 Å². The SMILES string of the molecule is C=C(P)Nc1ncc(Sc2cc(C)ccc2C)cc1Oc1ccccc1. The standard InChI is InChI=1S/C21H21N2OPS/c1-14-9-10-15(2)20(11-14)26-18-12-19(21(22-13-18)23-16(3)25)24-17-7-5-4-6-8-17/h4-13H,3,25H2,1-2H3,(H,22,23). The number of ether oxygens (including phenoxy) is 1. The molecule has 1 atom stereocenters. The molecule has 0 amide bonds. The fourth-order valence-electron chi connectivity index (χ4n) is 2.37. The molecular weight excluding hydrogens is 359 g/mol. The molecule has 1 heterocycles. The van der Waals surface area contributed by atoms with Gasteiger partial charge in [-0.25, -0.2) is 4.98 Å². The predicted octanol–water partition coefficient (Wildman–Crippen LogP) is 6.40. The molecule has 1 unspecified atom stereocenters. The minimum Gasteiger partial charge on any atom is -0.453 e. The lowest BCUT2D eigenvalue weighted by atomic mass is 10.2. The Morgan fingerprint density at radius 3 is 2.62 bits per heavy atom. The van der Waals surface area contributed by atoms with E-state index in [1.807, 2.05) is 42.6 Å². The first-order chi connectivity index (χ1) is 12.5. The van der Waals surface area contributed by atoms with Gasteiger partial charge in [-0.1, -0.05) is 57.9 Å². The highest BCUT2D eigenvalue weighted by Crippen LogP contribution is 2.36. The van der Waals surface area contributed by atoms with Crippen molar-refractivity contribution in [1.29, 1.82) is 0 Å². The Labute approximate surface area is 161 Å². The molecular formula is C21H21N2OPS. The smallest absolute Gasteiger partial charge is 0.173 e. The summed E-state index contributed by atoms with van der Waals surface area (Å²) in [6.45, 7) is 8.08. The van der Waals surface area contributed by atoms with Crippen molar-refractivity contribution in [3.05, 3.63) is 83.9 Å². The van der Waals surface area contributed by atoms with E-state index in [-0.39, 0.29) is 0 Å². The van der Waals surface area contributed by atoms with Gasteiger partial charge >= 0.3 is 0 Å². The van der Waals surface area contributed by atoms with Crippen LogP contribution in [-0.4, -0.2) is 4.98 Å². The van der Waals surface area contributed by atoms with E-state index >= 15 is 0 Å². The Morgan fingerprint density at radius 1 is 1.12 bits per heavy atom. The zero-order valence-corrected chi connectivity index (χ0v) is 16.8. The van der Waals surface area contributed by atoms with Crippen molar-refractivity contribution in [2.24, 2.45) is 0 Å². The molecule has 132 valence electrons. The van der Waals surface area contributed by atoms with Crippen LogP contribution in [-0.2, 0) is 0 Å². The normalized spacial score (nSPS) is 10.4. The summed E-state index contributed by atoms with van der Waals surface area (Å²) in [5, 5.41) is 3.13. The van der Waals surface area contributed by atoms with Crippen LogP contribution in [0.3, 0.4) is 0 Å². The molecule has 0 radical (unpaired) electrons. The molecule has 2 aromatic carbocycles. The molecule has 1 aromatic heterocycles. The van der Waals surface area contributed by atoms with E-state index in [1.165, 1.54) is 16.0 Å². The molecule has 0 saturated heterocycles. The summed E-state index contributed by atoms with van der Waals surface area (Å²) in [4.78, 5) is 6.77. The predicted molar refractivity (Wildman–Crippen MR) is 113 cm³/mol. The van der Waals surface area contributed by atoms with Crippen molar-refractivity contribution in [3.63, 3.8) is 0 Å². The Bertz CT molecular complexity index is 929. The Hall–Kier alpha value is -2.29. The molecule has 3 rings (SSSR count). The van der Waals surface area contributed by atoms with Crippen molar-refractivity contribution >= 4 is 26.8 Å². The number of nitrogens with zero attached hydrogens (tertiary/aromatic N) is 1. The van der Waals surface area contributed by atoms with Crippen LogP contribution >= 0.6 is 21.0 Å². The maximum atomic E-state index is 6.05. The highest BCUT2D eigenvalue weighted by molar-refractivity contribution is 7.99. The van der Waals surface area contributed by atoms with Crippen LogP contribution < -0.4 is 10.1 Å². The minimum atomic E-state index is 0.638. The van der Waals surface area contributed by atoms with Crippen LogP contribution in [0.4, 0.5) is 5.82 Å². The molecule has 0 aliphatic rings. The Morgan fingerprint density at radius 2 is 1.88 bits per heavy atom. The summed E-state index contributed by atoms with van der Waals surface area (Å²) < 4.78 is 6.05. The van der Waals surface area contributed by atoms with Gasteiger partial charge in [-0.15, -0.1) is 0 Å². The van der Waals surface area contributed by atoms with Crippen molar-refractivity contribution in [1.82, 2.24) is 4.98 Å². The second-order valence-corrected chi connectivity index (χ2v) is 7.77. The summed E-state index contributed by atoms with van der Waals surface area (Å²) in [6.07, 6.45) is 1.85. The molecule has 0 saturated carbocycles. The summed E-state index contributed by atoms with van der Waals surface area (Å²) in [5.41, 5.74) is 3.21. The maximum Gasteiger partial charge on any atom is 0.173 e. The number of nitrogens with one attached hydrogen (secondary N) is 1. The molecule has 0 fully saturated rings. The van der Waals surface area contributed by atoms with Gasteiger partial charge in [0.15, 0.2) is 11.6 Å². The Balaban J connectivity index is 1.93. The third-order valence-corrected chi connectivity index (χ3v) is 4.91. The van der Waals surface area contributed by atoms with Crippen LogP contribution in [0.25, 0.3) is 0 Å². The molecule has 5 heteroatoms. The number of aromatic nitrogens is 1. The van der Waals surface area contributed by atoms with E-state index in [0.29, 0.717) is 11.6 Å². The van der Waals surface area contributed by atoms with E-state index in [4.69, 9.17) is 4.74 Å². The number of aryl methyl sites for hydroxylation is 2. The molecule has 3 aromatic rings. The molecule has 1 N–H and O–H groups in total. The lowest BCUT2D eigenvalue weighted by molar-refractivity contribution is 0.481. The fraction of sp³-hybridized carbons (Fsp3) is 0.0952. The van der Waals surface area contributed by atoms with Gasteiger partial charge in [-0.05, 0) is 43.2 Å². The fourth-order valence-corrected chi connectivity index (χ4v) is 3.50. The van der Waals surface area contributed by atoms with Crippen molar-refractivity contribution in [3.8, 4) is 11.5 Å². The number of hydrogen-bond donors (Lipinski definition) is 1. The first kappa shape index (κ1) is 18.5. The lowest BCUT2D eigenvalue weighted by Gasteiger charge is -2.14. The van der Waals surface area contributed by atoms with Gasteiger partial charge < -0.3 is 10.1 Å². The van der Waals surface area contributed by atoms with Gasteiger partial charge in [0.1, 0.15) is 5.75 Å². The summed E-state index contributed by atoms with van der Waals surface area (Å²) in [6, 6.07) is 18.1. The average molecular weight is 380 g/mol. The van der Waals surface area contributed by atoms with Gasteiger partial charge in [0.25, 0.3) is 0 Å². The average Bonchev–Trinajstić information content (AvgIpc) is 2.61. The molecule has 0 bridgehead atoms. The first-order valence-electron chi connectivity index (χ1n) is 8.21. The zero-order valence-electron chi connectivity index (χ0n) is 14.8. The number of hydrogen-bond acceptors (Lipinski definition) is 4. The van der Waals surface area contributed by atoms with Crippen LogP contribution in [0.15, 0.2) is 82.6 Å². The van der Waals surface area contributed by atoms with Crippen molar-refractivity contribution in [2.75, 3.05) is 5.32 Å². The Kier molecular flexibility index (Phi) is 5.97. The van der Waals surface area contributed by atoms with Crippen LogP contribution in [0.5, 0.6) is 11.5 Å². The second-order valence-electron chi connectivity index (χ2n) is 5.95. The lowest BCUT2D eigenvalue weighted by Crippen LogP contribution is -1.98. The molecule has 0 aliphatic heterocycles. The van der Waals surface area contributed by atoms with Gasteiger partial charge in [0.2, 0.25) is 0 Å². The van der Waals surface area contributed by atoms with E-state index in [2.05, 4.69) is 58.2 Å². The van der Waals surface area contributed by atoms with Crippen LogP contribution in [0.1, 0.15) is 11.1 Å². The summed E-state index contributed by atoms with van der Waals surface area (Å²) in [7, 11) is 2.53. The zero-order chi connectivity index (χ0) is 18.5. The number of rotatable bonds is 6. The van der Waals surface area contributed by atoms with Gasteiger partial charge in [-0.3, -0.25) is 0 Å². The van der Waals surface area contributed by atoms with Crippen LogP contribution in [0, 0.1) is 13.8 Å². The maximum absolute atomic E-state index is 6.05. The van der Waals surface area contributed by atoms with Crippen LogP contribution in [0.2, 0.25) is 0 Å². The largest absolute Gasteiger partial charge is 0.453 e. The van der Waals surface area contributed by atoms with E-state index in [0.717, 1.165) is 16.1 Å². The highest BCUT2D eigenvalue weighted by Gasteiger charge is 2.11. The highest BCUT2D eigenvalue weighted by atomic mass is 32.2. The summed E-state index contributed by atoms with van der Waals surface area (Å²) in [5.74, 6) is 2.06.